The number of phenols is 1. The SMILES string of the molecule is COC(=O)c1ccc(O)c(C#CCC=O)c1. The van der Waals surface area contributed by atoms with Crippen molar-refractivity contribution in [1.82, 2.24) is 0 Å². The van der Waals surface area contributed by atoms with E-state index in [1.54, 1.807) is 0 Å². The minimum absolute atomic E-state index is 0.0361. The van der Waals surface area contributed by atoms with Gasteiger partial charge in [-0.2, -0.15) is 0 Å². The van der Waals surface area contributed by atoms with Gasteiger partial charge in [0.25, 0.3) is 0 Å². The molecule has 0 saturated carbocycles. The lowest BCUT2D eigenvalue weighted by Crippen LogP contribution is -2.01. The van der Waals surface area contributed by atoms with Gasteiger partial charge in [0.05, 0.1) is 24.7 Å². The fraction of sp³-hybridized carbons (Fsp3) is 0.167. The maximum Gasteiger partial charge on any atom is 0.337 e. The second-order valence-electron chi connectivity index (χ2n) is 2.90. The Morgan fingerprint density at radius 3 is 2.94 bits per heavy atom. The number of benzene rings is 1. The molecule has 0 aliphatic carbocycles. The van der Waals surface area contributed by atoms with Crippen molar-refractivity contribution >= 4 is 12.3 Å². The van der Waals surface area contributed by atoms with Crippen molar-refractivity contribution in [2.24, 2.45) is 0 Å². The van der Waals surface area contributed by atoms with E-state index < -0.39 is 5.97 Å². The normalized spacial score (nSPS) is 8.81. The Labute approximate surface area is 92.9 Å². The molecule has 0 bridgehead atoms. The molecule has 0 aliphatic rings. The molecule has 0 atom stereocenters. The number of rotatable bonds is 2. The van der Waals surface area contributed by atoms with Crippen LogP contribution < -0.4 is 0 Å². The number of phenolic OH excluding ortho intramolecular Hbond substituents is 1. The lowest BCUT2D eigenvalue weighted by Gasteiger charge is -2.01. The Morgan fingerprint density at radius 2 is 2.31 bits per heavy atom. The molecule has 82 valence electrons. The van der Waals surface area contributed by atoms with Gasteiger partial charge >= 0.3 is 5.97 Å². The molecule has 1 aromatic rings. The summed E-state index contributed by atoms with van der Waals surface area (Å²) in [5.74, 6) is 4.60. The lowest BCUT2D eigenvalue weighted by atomic mass is 10.1. The molecule has 0 spiro atoms. The monoisotopic (exact) mass is 218 g/mol. The van der Waals surface area contributed by atoms with Gasteiger partial charge in [-0.15, -0.1) is 0 Å². The molecule has 16 heavy (non-hydrogen) atoms. The van der Waals surface area contributed by atoms with E-state index in [1.807, 2.05) is 0 Å². The van der Waals surface area contributed by atoms with Crippen LogP contribution >= 0.6 is 0 Å². The van der Waals surface area contributed by atoms with E-state index in [2.05, 4.69) is 16.6 Å². The second kappa shape index (κ2) is 5.56. The third-order valence-electron chi connectivity index (χ3n) is 1.83. The van der Waals surface area contributed by atoms with Gasteiger partial charge < -0.3 is 14.6 Å². The first kappa shape index (κ1) is 11.8. The van der Waals surface area contributed by atoms with E-state index >= 15 is 0 Å². The molecule has 0 heterocycles. The molecule has 4 heteroatoms. The summed E-state index contributed by atoms with van der Waals surface area (Å²) < 4.78 is 4.53. The zero-order valence-corrected chi connectivity index (χ0v) is 8.69. The van der Waals surface area contributed by atoms with Gasteiger partial charge in [-0.3, -0.25) is 0 Å². The Balaban J connectivity index is 3.05. The maximum absolute atomic E-state index is 11.2. The quantitative estimate of drug-likeness (QED) is 0.459. The first-order chi connectivity index (χ1) is 7.69. The number of aldehydes is 1. The van der Waals surface area contributed by atoms with Gasteiger partial charge in [-0.1, -0.05) is 11.8 Å². The summed E-state index contributed by atoms with van der Waals surface area (Å²) in [7, 11) is 1.27. The van der Waals surface area contributed by atoms with Crippen molar-refractivity contribution in [3.63, 3.8) is 0 Å². The zero-order chi connectivity index (χ0) is 12.0. The molecule has 0 amide bonds. The minimum Gasteiger partial charge on any atom is -0.507 e. The highest BCUT2D eigenvalue weighted by Crippen LogP contribution is 2.17. The Kier molecular flexibility index (Phi) is 4.10. The number of hydrogen-bond donors (Lipinski definition) is 1. The van der Waals surface area contributed by atoms with E-state index in [0.717, 1.165) is 0 Å². The minimum atomic E-state index is -0.501. The average molecular weight is 218 g/mol. The topological polar surface area (TPSA) is 63.6 Å². The largest absolute Gasteiger partial charge is 0.507 e. The second-order valence-corrected chi connectivity index (χ2v) is 2.90. The summed E-state index contributed by atoms with van der Waals surface area (Å²) in [5, 5.41) is 9.45. The lowest BCUT2D eigenvalue weighted by molar-refractivity contribution is -0.107. The number of carbonyl (C=O) groups is 2. The summed E-state index contributed by atoms with van der Waals surface area (Å²) in [6.07, 6.45) is 0.746. The predicted molar refractivity (Wildman–Crippen MR) is 57.0 cm³/mol. The molecule has 0 radical (unpaired) electrons. The molecular formula is C12H10O4. The molecule has 1 N–H and O–H groups in total. The number of esters is 1. The molecule has 1 rings (SSSR count). The molecule has 0 unspecified atom stereocenters. The molecule has 1 aromatic carbocycles. The van der Waals surface area contributed by atoms with E-state index in [9.17, 15) is 14.7 Å². The van der Waals surface area contributed by atoms with Gasteiger partial charge in [0, 0.05) is 0 Å². The van der Waals surface area contributed by atoms with Crippen LogP contribution in [0.2, 0.25) is 0 Å². The van der Waals surface area contributed by atoms with Crippen molar-refractivity contribution < 1.29 is 19.4 Å². The summed E-state index contributed by atoms with van der Waals surface area (Å²) in [4.78, 5) is 21.3. The number of methoxy groups -OCH3 is 1. The van der Waals surface area contributed by atoms with Crippen molar-refractivity contribution in [1.29, 1.82) is 0 Å². The van der Waals surface area contributed by atoms with Crippen molar-refractivity contribution in [3.05, 3.63) is 29.3 Å². The van der Waals surface area contributed by atoms with Gasteiger partial charge in [0.2, 0.25) is 0 Å². The summed E-state index contributed by atoms with van der Waals surface area (Å²) in [5.41, 5.74) is 0.598. The third kappa shape index (κ3) is 2.85. The van der Waals surface area contributed by atoms with Crippen LogP contribution in [0.15, 0.2) is 18.2 Å². The summed E-state index contributed by atoms with van der Waals surface area (Å²) in [6.45, 7) is 0. The highest BCUT2D eigenvalue weighted by Gasteiger charge is 2.07. The van der Waals surface area contributed by atoms with E-state index in [4.69, 9.17) is 0 Å². The van der Waals surface area contributed by atoms with Crippen LogP contribution in [0, 0.1) is 11.8 Å². The molecule has 0 aliphatic heterocycles. The highest BCUT2D eigenvalue weighted by atomic mass is 16.5. The van der Waals surface area contributed by atoms with Gasteiger partial charge in [-0.05, 0) is 18.2 Å². The zero-order valence-electron chi connectivity index (χ0n) is 8.69. The Hall–Kier alpha value is -2.28. The van der Waals surface area contributed by atoms with Crippen LogP contribution in [0.1, 0.15) is 22.3 Å². The van der Waals surface area contributed by atoms with E-state index in [1.165, 1.54) is 25.3 Å². The van der Waals surface area contributed by atoms with Crippen LogP contribution in [0.5, 0.6) is 5.75 Å². The fourth-order valence-corrected chi connectivity index (χ4v) is 1.07. The van der Waals surface area contributed by atoms with Crippen molar-refractivity contribution in [3.8, 4) is 17.6 Å². The van der Waals surface area contributed by atoms with Crippen LogP contribution in [0.3, 0.4) is 0 Å². The van der Waals surface area contributed by atoms with Gasteiger partial charge in [0.15, 0.2) is 0 Å². The Bertz CT molecular complexity index is 466. The molecule has 0 saturated heterocycles. The van der Waals surface area contributed by atoms with Gasteiger partial charge in [0.1, 0.15) is 12.0 Å². The maximum atomic E-state index is 11.2. The number of hydrogen-bond acceptors (Lipinski definition) is 4. The van der Waals surface area contributed by atoms with Crippen LogP contribution in [-0.4, -0.2) is 24.5 Å². The third-order valence-corrected chi connectivity index (χ3v) is 1.83. The van der Waals surface area contributed by atoms with Crippen molar-refractivity contribution in [2.75, 3.05) is 7.11 Å². The summed E-state index contributed by atoms with van der Waals surface area (Å²) >= 11 is 0. The first-order valence-electron chi connectivity index (χ1n) is 4.53. The fourth-order valence-electron chi connectivity index (χ4n) is 1.07. The number of ether oxygens (including phenoxy) is 1. The standard InChI is InChI=1S/C12H10O4/c1-16-12(15)10-5-6-11(14)9(8-10)4-2-3-7-13/h5-8,14H,3H2,1H3. The van der Waals surface area contributed by atoms with Crippen LogP contribution in [0.4, 0.5) is 0 Å². The van der Waals surface area contributed by atoms with E-state index in [0.29, 0.717) is 17.4 Å². The highest BCUT2D eigenvalue weighted by molar-refractivity contribution is 5.90. The predicted octanol–water partition coefficient (Wildman–Crippen LogP) is 1.12. The Morgan fingerprint density at radius 1 is 1.56 bits per heavy atom. The molecule has 4 nitrogen and oxygen atoms in total. The van der Waals surface area contributed by atoms with Gasteiger partial charge in [-0.25, -0.2) is 4.79 Å². The molecular weight excluding hydrogens is 208 g/mol. The smallest absolute Gasteiger partial charge is 0.337 e. The van der Waals surface area contributed by atoms with Crippen LogP contribution in [0.25, 0.3) is 0 Å². The van der Waals surface area contributed by atoms with Crippen LogP contribution in [-0.2, 0) is 9.53 Å². The number of carbonyl (C=O) groups excluding carboxylic acids is 2. The van der Waals surface area contributed by atoms with E-state index in [-0.39, 0.29) is 12.2 Å². The molecule has 0 aromatic heterocycles. The average Bonchev–Trinajstić information content (AvgIpc) is 2.31. The van der Waals surface area contributed by atoms with Crippen molar-refractivity contribution in [2.45, 2.75) is 6.42 Å². The number of aromatic hydroxyl groups is 1. The summed E-state index contributed by atoms with van der Waals surface area (Å²) in [6, 6.07) is 4.21. The first-order valence-corrected chi connectivity index (χ1v) is 4.53. The molecule has 0 fully saturated rings.